The summed E-state index contributed by atoms with van der Waals surface area (Å²) in [5.41, 5.74) is 1.35. The number of hydrogen-bond donors (Lipinski definition) is 1. The highest BCUT2D eigenvalue weighted by Gasteiger charge is 2.13. The normalized spacial score (nSPS) is 11.6. The van der Waals surface area contributed by atoms with E-state index in [4.69, 9.17) is 9.68 Å². The van der Waals surface area contributed by atoms with E-state index in [1.54, 1.807) is 24.4 Å². The molecule has 108 valence electrons. The van der Waals surface area contributed by atoms with Crippen molar-refractivity contribution in [2.45, 2.75) is 13.0 Å². The van der Waals surface area contributed by atoms with Gasteiger partial charge >= 0.3 is 0 Å². The van der Waals surface area contributed by atoms with Crippen LogP contribution in [0.2, 0.25) is 0 Å². The minimum absolute atomic E-state index is 0.154. The summed E-state index contributed by atoms with van der Waals surface area (Å²) in [7, 11) is 0. The summed E-state index contributed by atoms with van der Waals surface area (Å²) in [5, 5.41) is 12.1. The highest BCUT2D eigenvalue weighted by molar-refractivity contribution is 5.55. The lowest BCUT2D eigenvalue weighted by Gasteiger charge is -2.10. The van der Waals surface area contributed by atoms with Gasteiger partial charge in [-0.25, -0.2) is 9.97 Å². The first-order valence-corrected chi connectivity index (χ1v) is 6.91. The Morgan fingerprint density at radius 3 is 2.73 bits per heavy atom. The van der Waals surface area contributed by atoms with Gasteiger partial charge < -0.3 is 9.73 Å². The van der Waals surface area contributed by atoms with Crippen LogP contribution in [0.1, 0.15) is 24.6 Å². The molecule has 0 spiro atoms. The molecule has 1 N–H and O–H groups in total. The number of nitrogens with one attached hydrogen (secondary N) is 1. The molecule has 5 heteroatoms. The van der Waals surface area contributed by atoms with E-state index in [0.29, 0.717) is 17.4 Å². The van der Waals surface area contributed by atoms with Crippen molar-refractivity contribution in [2.24, 2.45) is 0 Å². The average molecular weight is 290 g/mol. The summed E-state index contributed by atoms with van der Waals surface area (Å²) in [6, 6.07) is 16.9. The van der Waals surface area contributed by atoms with E-state index in [-0.39, 0.29) is 6.04 Å². The van der Waals surface area contributed by atoms with Crippen LogP contribution in [-0.4, -0.2) is 9.97 Å². The number of oxazole rings is 1. The van der Waals surface area contributed by atoms with Gasteiger partial charge in [0.2, 0.25) is 5.89 Å². The maximum absolute atomic E-state index is 8.87. The summed E-state index contributed by atoms with van der Waals surface area (Å²) >= 11 is 0. The summed E-state index contributed by atoms with van der Waals surface area (Å²) in [4.78, 5) is 8.49. The number of anilines is 1. The van der Waals surface area contributed by atoms with Crippen molar-refractivity contribution in [3.63, 3.8) is 0 Å². The zero-order valence-electron chi connectivity index (χ0n) is 12.0. The predicted molar refractivity (Wildman–Crippen MR) is 82.9 cm³/mol. The molecule has 0 fully saturated rings. The quantitative estimate of drug-likeness (QED) is 0.791. The fraction of sp³-hybridized carbons (Fsp3) is 0.118. The Labute approximate surface area is 128 Å². The minimum atomic E-state index is -0.154. The van der Waals surface area contributed by atoms with Crippen LogP contribution in [0, 0.1) is 11.3 Å². The molecule has 3 aromatic rings. The van der Waals surface area contributed by atoms with Crippen LogP contribution in [0.5, 0.6) is 0 Å². The fourth-order valence-corrected chi connectivity index (χ4v) is 2.08. The van der Waals surface area contributed by atoms with Crippen molar-refractivity contribution in [3.05, 3.63) is 66.3 Å². The number of nitrogens with zero attached hydrogens (tertiary/aromatic N) is 3. The third-order valence-electron chi connectivity index (χ3n) is 3.18. The second-order valence-corrected chi connectivity index (χ2v) is 4.81. The van der Waals surface area contributed by atoms with Crippen LogP contribution in [0.4, 0.5) is 5.82 Å². The predicted octanol–water partition coefficient (Wildman–Crippen LogP) is 3.78. The zero-order chi connectivity index (χ0) is 15.4. The number of pyridine rings is 1. The van der Waals surface area contributed by atoms with Crippen LogP contribution < -0.4 is 5.32 Å². The average Bonchev–Trinajstić information content (AvgIpc) is 3.06. The van der Waals surface area contributed by atoms with E-state index in [0.717, 1.165) is 11.3 Å². The second kappa shape index (κ2) is 6.10. The lowest BCUT2D eigenvalue weighted by atomic mass is 10.2. The molecule has 2 heterocycles. The molecule has 3 rings (SSSR count). The molecule has 2 aromatic heterocycles. The Balaban J connectivity index is 1.77. The molecular weight excluding hydrogens is 276 g/mol. The molecule has 0 radical (unpaired) electrons. The summed E-state index contributed by atoms with van der Waals surface area (Å²) in [6.07, 6.45) is 1.71. The molecule has 0 aliphatic carbocycles. The van der Waals surface area contributed by atoms with E-state index < -0.39 is 0 Å². The van der Waals surface area contributed by atoms with Crippen molar-refractivity contribution in [2.75, 3.05) is 5.32 Å². The maximum Gasteiger partial charge on any atom is 0.217 e. The molecule has 0 amide bonds. The number of rotatable bonds is 4. The highest BCUT2D eigenvalue weighted by Crippen LogP contribution is 2.24. The smallest absolute Gasteiger partial charge is 0.217 e. The van der Waals surface area contributed by atoms with E-state index in [9.17, 15) is 0 Å². The van der Waals surface area contributed by atoms with Gasteiger partial charge in [0.1, 0.15) is 23.6 Å². The number of nitriles is 1. The third kappa shape index (κ3) is 2.96. The lowest BCUT2D eigenvalue weighted by molar-refractivity contribution is 0.485. The summed E-state index contributed by atoms with van der Waals surface area (Å²) in [6.45, 7) is 1.93. The molecule has 0 saturated carbocycles. The van der Waals surface area contributed by atoms with E-state index in [1.165, 1.54) is 0 Å². The van der Waals surface area contributed by atoms with Crippen LogP contribution in [0.15, 0.2) is 59.1 Å². The summed E-state index contributed by atoms with van der Waals surface area (Å²) < 4.78 is 5.79. The Morgan fingerprint density at radius 2 is 1.95 bits per heavy atom. The van der Waals surface area contributed by atoms with Crippen molar-refractivity contribution in [3.8, 4) is 17.4 Å². The largest absolute Gasteiger partial charge is 0.438 e. The molecule has 1 aromatic carbocycles. The molecule has 5 nitrogen and oxygen atoms in total. The van der Waals surface area contributed by atoms with Gasteiger partial charge in [0.15, 0.2) is 5.76 Å². The van der Waals surface area contributed by atoms with Crippen molar-refractivity contribution in [1.82, 2.24) is 9.97 Å². The molecule has 1 atom stereocenters. The van der Waals surface area contributed by atoms with Crippen molar-refractivity contribution >= 4 is 5.82 Å². The standard InChI is InChI=1S/C17H14N4O/c1-12(20-16-9-5-8-14(10-18)21-16)17-19-11-15(22-17)13-6-3-2-4-7-13/h2-9,11-12H,1H3,(H,20,21). The van der Waals surface area contributed by atoms with Gasteiger partial charge in [-0.3, -0.25) is 0 Å². The first-order valence-electron chi connectivity index (χ1n) is 6.91. The highest BCUT2D eigenvalue weighted by atomic mass is 16.4. The molecule has 22 heavy (non-hydrogen) atoms. The lowest BCUT2D eigenvalue weighted by Crippen LogP contribution is -2.08. The van der Waals surface area contributed by atoms with Crippen LogP contribution in [0.3, 0.4) is 0 Å². The number of hydrogen-bond acceptors (Lipinski definition) is 5. The first kappa shape index (κ1) is 13.8. The van der Waals surface area contributed by atoms with Crippen LogP contribution >= 0.6 is 0 Å². The maximum atomic E-state index is 8.87. The number of benzene rings is 1. The van der Waals surface area contributed by atoms with Gasteiger partial charge in [-0.2, -0.15) is 5.26 Å². The van der Waals surface area contributed by atoms with Gasteiger partial charge in [-0.15, -0.1) is 0 Å². The zero-order valence-corrected chi connectivity index (χ0v) is 12.0. The van der Waals surface area contributed by atoms with Crippen molar-refractivity contribution < 1.29 is 4.42 Å². The molecule has 0 aliphatic heterocycles. The SMILES string of the molecule is CC(Nc1cccc(C#N)n1)c1ncc(-c2ccccc2)o1. The number of aromatic nitrogens is 2. The van der Waals surface area contributed by atoms with Gasteiger partial charge in [-0.1, -0.05) is 36.4 Å². The molecular formula is C17H14N4O. The topological polar surface area (TPSA) is 74.7 Å². The summed E-state index contributed by atoms with van der Waals surface area (Å²) in [5.74, 6) is 1.91. The fourth-order valence-electron chi connectivity index (χ4n) is 2.08. The third-order valence-corrected chi connectivity index (χ3v) is 3.18. The molecule has 0 saturated heterocycles. The van der Waals surface area contributed by atoms with Gasteiger partial charge in [0.05, 0.1) is 6.20 Å². The van der Waals surface area contributed by atoms with E-state index in [2.05, 4.69) is 15.3 Å². The van der Waals surface area contributed by atoms with Crippen LogP contribution in [-0.2, 0) is 0 Å². The van der Waals surface area contributed by atoms with Gasteiger partial charge in [-0.05, 0) is 19.1 Å². The Hall–Kier alpha value is -3.13. The second-order valence-electron chi connectivity index (χ2n) is 4.81. The molecule has 1 unspecified atom stereocenters. The monoisotopic (exact) mass is 290 g/mol. The Morgan fingerprint density at radius 1 is 1.14 bits per heavy atom. The van der Waals surface area contributed by atoms with Gasteiger partial charge in [0, 0.05) is 5.56 Å². The Bertz CT molecular complexity index is 805. The van der Waals surface area contributed by atoms with Gasteiger partial charge in [0.25, 0.3) is 0 Å². The van der Waals surface area contributed by atoms with Crippen LogP contribution in [0.25, 0.3) is 11.3 Å². The first-order chi connectivity index (χ1) is 10.8. The van der Waals surface area contributed by atoms with Crippen molar-refractivity contribution in [1.29, 1.82) is 5.26 Å². The van der Waals surface area contributed by atoms with E-state index in [1.807, 2.05) is 43.3 Å². The molecule has 0 bridgehead atoms. The minimum Gasteiger partial charge on any atom is -0.438 e. The molecule has 0 aliphatic rings. The van der Waals surface area contributed by atoms with E-state index >= 15 is 0 Å². The Kier molecular flexibility index (Phi) is 3.84.